The van der Waals surface area contributed by atoms with E-state index in [1.54, 1.807) is 18.0 Å². The number of pyridine rings is 1. The van der Waals surface area contributed by atoms with E-state index in [1.807, 2.05) is 12.1 Å². The smallest absolute Gasteiger partial charge is 0.0705 e. The van der Waals surface area contributed by atoms with Crippen molar-refractivity contribution in [3.05, 3.63) is 42.9 Å². The summed E-state index contributed by atoms with van der Waals surface area (Å²) in [6.07, 6.45) is 3.86. The molecule has 0 bridgehead atoms. The van der Waals surface area contributed by atoms with Gasteiger partial charge in [-0.3, -0.25) is 4.98 Å². The molecule has 0 aliphatic heterocycles. The first-order chi connectivity index (χ1) is 6.31. The minimum absolute atomic E-state index is 1.02. The molecule has 0 saturated carbocycles. The molecule has 2 heteroatoms. The van der Waals surface area contributed by atoms with Crippen LogP contribution in [0.25, 0.3) is 10.9 Å². The van der Waals surface area contributed by atoms with Gasteiger partial charge in [0, 0.05) is 16.5 Å². The van der Waals surface area contributed by atoms with E-state index in [-0.39, 0.29) is 0 Å². The van der Waals surface area contributed by atoms with Crippen molar-refractivity contribution >= 4 is 22.7 Å². The van der Waals surface area contributed by atoms with Gasteiger partial charge < -0.3 is 0 Å². The molecular formula is C11H10NS. The molecule has 13 heavy (non-hydrogen) atoms. The van der Waals surface area contributed by atoms with Crippen molar-refractivity contribution < 1.29 is 0 Å². The predicted molar refractivity (Wildman–Crippen MR) is 58.0 cm³/mol. The molecule has 1 aromatic carbocycles. The van der Waals surface area contributed by atoms with Crippen LogP contribution in [0.5, 0.6) is 0 Å². The van der Waals surface area contributed by atoms with Gasteiger partial charge in [-0.25, -0.2) is 0 Å². The van der Waals surface area contributed by atoms with E-state index in [9.17, 15) is 0 Å². The number of hydrogen-bond donors (Lipinski definition) is 0. The van der Waals surface area contributed by atoms with Crippen LogP contribution in [0, 0.1) is 6.92 Å². The van der Waals surface area contributed by atoms with Crippen LogP contribution in [0.1, 0.15) is 5.56 Å². The highest BCUT2D eigenvalue weighted by atomic mass is 32.2. The first-order valence-corrected chi connectivity index (χ1v) is 5.28. The molecule has 1 heterocycles. The Bertz CT molecular complexity index is 437. The Labute approximate surface area is 82.2 Å². The van der Waals surface area contributed by atoms with Crippen LogP contribution in [0.4, 0.5) is 0 Å². The first-order valence-electron chi connectivity index (χ1n) is 4.06. The number of nitrogens with zero attached hydrogens (tertiary/aromatic N) is 1. The van der Waals surface area contributed by atoms with Gasteiger partial charge in [-0.15, -0.1) is 11.8 Å². The molecule has 0 aliphatic rings. The zero-order valence-electron chi connectivity index (χ0n) is 7.45. The molecule has 0 atom stereocenters. The van der Waals surface area contributed by atoms with E-state index in [1.165, 1.54) is 4.90 Å². The molecule has 0 spiro atoms. The maximum absolute atomic E-state index is 4.27. The Morgan fingerprint density at radius 3 is 2.92 bits per heavy atom. The van der Waals surface area contributed by atoms with Gasteiger partial charge in [0.1, 0.15) is 0 Å². The number of benzene rings is 1. The fourth-order valence-electron chi connectivity index (χ4n) is 1.31. The minimum atomic E-state index is 1.02. The van der Waals surface area contributed by atoms with Gasteiger partial charge in [0.2, 0.25) is 0 Å². The lowest BCUT2D eigenvalue weighted by Gasteiger charge is -2.02. The third-order valence-corrected chi connectivity index (χ3v) is 2.76. The van der Waals surface area contributed by atoms with E-state index in [2.05, 4.69) is 30.3 Å². The summed E-state index contributed by atoms with van der Waals surface area (Å²) in [5.41, 5.74) is 2.06. The molecule has 0 fully saturated rings. The van der Waals surface area contributed by atoms with Crippen molar-refractivity contribution in [3.63, 3.8) is 0 Å². The second-order valence-corrected chi connectivity index (χ2v) is 3.73. The molecule has 0 saturated heterocycles. The first kappa shape index (κ1) is 8.57. The molecule has 0 aliphatic carbocycles. The predicted octanol–water partition coefficient (Wildman–Crippen LogP) is 3.14. The van der Waals surface area contributed by atoms with Crippen LogP contribution >= 0.6 is 11.8 Å². The Balaban J connectivity index is 2.74. The zero-order valence-corrected chi connectivity index (χ0v) is 8.27. The molecule has 2 aromatic rings. The van der Waals surface area contributed by atoms with Crippen molar-refractivity contribution in [3.8, 4) is 0 Å². The number of thioether (sulfide) groups is 1. The van der Waals surface area contributed by atoms with E-state index in [0.29, 0.717) is 0 Å². The molecule has 65 valence electrons. The van der Waals surface area contributed by atoms with Crippen molar-refractivity contribution in [1.82, 2.24) is 4.98 Å². The molecule has 2 rings (SSSR count). The van der Waals surface area contributed by atoms with Gasteiger partial charge in [0.15, 0.2) is 0 Å². The summed E-state index contributed by atoms with van der Waals surface area (Å²) in [6, 6.07) is 8.19. The number of rotatable bonds is 1. The zero-order chi connectivity index (χ0) is 9.26. The topological polar surface area (TPSA) is 12.9 Å². The van der Waals surface area contributed by atoms with Crippen LogP contribution in [-0.2, 0) is 0 Å². The third-order valence-electron chi connectivity index (χ3n) is 2.04. The summed E-state index contributed by atoms with van der Waals surface area (Å²) >= 11 is 1.74. The largest absolute Gasteiger partial charge is 0.256 e. The summed E-state index contributed by atoms with van der Waals surface area (Å²) in [7, 11) is 0. The quantitative estimate of drug-likeness (QED) is 0.638. The van der Waals surface area contributed by atoms with Crippen molar-refractivity contribution in [2.45, 2.75) is 4.90 Å². The lowest BCUT2D eigenvalue weighted by atomic mass is 10.1. The van der Waals surface area contributed by atoms with E-state index >= 15 is 0 Å². The van der Waals surface area contributed by atoms with Crippen LogP contribution in [-0.4, -0.2) is 11.2 Å². The second kappa shape index (κ2) is 3.38. The number of aromatic nitrogens is 1. The monoisotopic (exact) mass is 188 g/mol. The minimum Gasteiger partial charge on any atom is -0.256 e. The van der Waals surface area contributed by atoms with Crippen LogP contribution in [0.2, 0.25) is 0 Å². The van der Waals surface area contributed by atoms with Gasteiger partial charge in [0.25, 0.3) is 0 Å². The van der Waals surface area contributed by atoms with Gasteiger partial charge >= 0.3 is 0 Å². The highest BCUT2D eigenvalue weighted by Gasteiger charge is 1.98. The van der Waals surface area contributed by atoms with E-state index in [0.717, 1.165) is 16.5 Å². The summed E-state index contributed by atoms with van der Waals surface area (Å²) in [4.78, 5) is 5.52. The molecule has 1 aromatic heterocycles. The molecule has 1 radical (unpaired) electrons. The molecule has 0 amide bonds. The summed E-state index contributed by atoms with van der Waals surface area (Å²) in [5.74, 6) is 0. The Hall–Kier alpha value is -1.02. The Morgan fingerprint density at radius 1 is 1.31 bits per heavy atom. The SMILES string of the molecule is [CH2]c1ccnc2ccc(SC)cc12. The van der Waals surface area contributed by atoms with Gasteiger partial charge in [-0.2, -0.15) is 0 Å². The summed E-state index contributed by atoms with van der Waals surface area (Å²) in [6.45, 7) is 3.97. The average molecular weight is 188 g/mol. The van der Waals surface area contributed by atoms with E-state index < -0.39 is 0 Å². The lowest BCUT2D eigenvalue weighted by Crippen LogP contribution is -1.82. The van der Waals surface area contributed by atoms with Crippen molar-refractivity contribution in [2.75, 3.05) is 6.26 Å². The highest BCUT2D eigenvalue weighted by Crippen LogP contribution is 2.22. The maximum atomic E-state index is 4.27. The van der Waals surface area contributed by atoms with Gasteiger partial charge in [-0.05, 0) is 43.0 Å². The van der Waals surface area contributed by atoms with E-state index in [4.69, 9.17) is 0 Å². The highest BCUT2D eigenvalue weighted by molar-refractivity contribution is 7.98. The van der Waals surface area contributed by atoms with Gasteiger partial charge in [0.05, 0.1) is 5.52 Å². The summed E-state index contributed by atoms with van der Waals surface area (Å²) < 4.78 is 0. The molecule has 0 N–H and O–H groups in total. The third kappa shape index (κ3) is 1.54. The normalized spacial score (nSPS) is 10.6. The fraction of sp³-hybridized carbons (Fsp3) is 0.0909. The number of fused-ring (bicyclic) bond motifs is 1. The Morgan fingerprint density at radius 2 is 2.15 bits per heavy atom. The Kier molecular flexibility index (Phi) is 2.23. The van der Waals surface area contributed by atoms with Gasteiger partial charge in [-0.1, -0.05) is 0 Å². The fourth-order valence-corrected chi connectivity index (χ4v) is 1.75. The van der Waals surface area contributed by atoms with Crippen molar-refractivity contribution in [2.24, 2.45) is 0 Å². The summed E-state index contributed by atoms with van der Waals surface area (Å²) in [5, 5.41) is 1.15. The van der Waals surface area contributed by atoms with Crippen LogP contribution in [0.15, 0.2) is 35.4 Å². The second-order valence-electron chi connectivity index (χ2n) is 2.85. The lowest BCUT2D eigenvalue weighted by molar-refractivity contribution is 1.37. The maximum Gasteiger partial charge on any atom is 0.0705 e. The molecular weight excluding hydrogens is 178 g/mol. The molecule has 1 nitrogen and oxygen atoms in total. The average Bonchev–Trinajstić information content (AvgIpc) is 2.18. The van der Waals surface area contributed by atoms with Crippen LogP contribution < -0.4 is 0 Å². The molecule has 0 unspecified atom stereocenters. The van der Waals surface area contributed by atoms with Crippen LogP contribution in [0.3, 0.4) is 0 Å². The number of hydrogen-bond acceptors (Lipinski definition) is 2. The van der Waals surface area contributed by atoms with Crippen molar-refractivity contribution in [1.29, 1.82) is 0 Å². The standard InChI is InChI=1S/C11H10NS/c1-8-5-6-12-11-4-3-9(13-2)7-10(8)11/h3-7H,1H2,2H3.